The number of carbonyl (C=O) groups excluding carboxylic acids is 1. The summed E-state index contributed by atoms with van der Waals surface area (Å²) in [6.07, 6.45) is -1.33. The van der Waals surface area contributed by atoms with E-state index in [4.69, 9.17) is 15.6 Å². The second-order valence-electron chi connectivity index (χ2n) is 5.19. The van der Waals surface area contributed by atoms with Gasteiger partial charge in [-0.3, -0.25) is 4.79 Å². The van der Waals surface area contributed by atoms with Crippen LogP contribution in [0.3, 0.4) is 0 Å². The van der Waals surface area contributed by atoms with Gasteiger partial charge in [0.2, 0.25) is 5.82 Å². The molecule has 10 heteroatoms. The SMILES string of the molecule is NC(=O)c1cc(OCC(O)CO)c(F)c(F)c1Nc1ccc(I)cc1F. The van der Waals surface area contributed by atoms with Crippen molar-refractivity contribution in [2.24, 2.45) is 5.73 Å². The molecule has 0 heterocycles. The number of carbonyl (C=O) groups is 1. The molecule has 0 aliphatic carbocycles. The smallest absolute Gasteiger partial charge is 0.251 e. The number of halogens is 4. The maximum Gasteiger partial charge on any atom is 0.251 e. The molecule has 2 aromatic rings. The van der Waals surface area contributed by atoms with Crippen LogP contribution in [0.1, 0.15) is 10.4 Å². The molecule has 0 aliphatic heterocycles. The van der Waals surface area contributed by atoms with Crippen molar-refractivity contribution in [3.05, 3.63) is 50.9 Å². The molecule has 0 bridgehead atoms. The zero-order chi connectivity index (χ0) is 19.4. The Labute approximate surface area is 159 Å². The van der Waals surface area contributed by atoms with Crippen molar-refractivity contribution < 1.29 is 32.9 Å². The highest BCUT2D eigenvalue weighted by molar-refractivity contribution is 14.1. The van der Waals surface area contributed by atoms with Crippen LogP contribution in [0.4, 0.5) is 24.5 Å². The maximum absolute atomic E-state index is 14.4. The molecule has 1 unspecified atom stereocenters. The standard InChI is InChI=1S/C16H14F3IN2O4/c17-10-3-7(20)1-2-11(10)22-15-9(16(21)25)4-12(13(18)14(15)19)26-6-8(24)5-23/h1-4,8,22-24H,5-6H2,(H2,21,25). The van der Waals surface area contributed by atoms with E-state index >= 15 is 0 Å². The third-order valence-electron chi connectivity index (χ3n) is 3.27. The molecular weight excluding hydrogens is 468 g/mol. The van der Waals surface area contributed by atoms with Crippen LogP contribution in [0, 0.1) is 21.0 Å². The Bertz CT molecular complexity index is 836. The summed E-state index contributed by atoms with van der Waals surface area (Å²) in [6, 6.07) is 4.81. The summed E-state index contributed by atoms with van der Waals surface area (Å²) >= 11 is 1.87. The first-order valence-electron chi connectivity index (χ1n) is 7.20. The van der Waals surface area contributed by atoms with Crippen LogP contribution in [0.2, 0.25) is 0 Å². The fourth-order valence-corrected chi connectivity index (χ4v) is 2.44. The van der Waals surface area contributed by atoms with Crippen LogP contribution in [-0.4, -0.2) is 35.4 Å². The third-order valence-corrected chi connectivity index (χ3v) is 3.94. The molecule has 26 heavy (non-hydrogen) atoms. The number of primary amides is 1. The van der Waals surface area contributed by atoms with Gasteiger partial charge in [-0.2, -0.15) is 4.39 Å². The minimum atomic E-state index is -1.51. The fourth-order valence-electron chi connectivity index (χ4n) is 1.99. The van der Waals surface area contributed by atoms with E-state index < -0.39 is 59.7 Å². The van der Waals surface area contributed by atoms with Crippen molar-refractivity contribution in [3.8, 4) is 5.75 Å². The molecule has 0 fully saturated rings. The summed E-state index contributed by atoms with van der Waals surface area (Å²) in [4.78, 5) is 11.6. The predicted molar refractivity (Wildman–Crippen MR) is 95.9 cm³/mol. The Kier molecular flexibility index (Phi) is 6.67. The zero-order valence-corrected chi connectivity index (χ0v) is 15.3. The van der Waals surface area contributed by atoms with E-state index in [0.29, 0.717) is 3.57 Å². The molecular formula is C16H14F3IN2O4. The van der Waals surface area contributed by atoms with E-state index in [0.717, 1.165) is 12.1 Å². The normalized spacial score (nSPS) is 11.9. The molecule has 0 radical (unpaired) electrons. The lowest BCUT2D eigenvalue weighted by molar-refractivity contribution is 0.0521. The van der Waals surface area contributed by atoms with Gasteiger partial charge in [0, 0.05) is 3.57 Å². The molecule has 0 spiro atoms. The average molecular weight is 482 g/mol. The van der Waals surface area contributed by atoms with Gasteiger partial charge in [0.05, 0.1) is 23.5 Å². The van der Waals surface area contributed by atoms with E-state index in [9.17, 15) is 23.1 Å². The monoisotopic (exact) mass is 482 g/mol. The summed E-state index contributed by atoms with van der Waals surface area (Å²) in [5.74, 6) is -5.50. The number of anilines is 2. The van der Waals surface area contributed by atoms with E-state index in [1.165, 1.54) is 12.1 Å². The summed E-state index contributed by atoms with van der Waals surface area (Å²) < 4.78 is 48.0. The van der Waals surface area contributed by atoms with E-state index in [1.54, 1.807) is 0 Å². The van der Waals surface area contributed by atoms with Crippen LogP contribution in [0.25, 0.3) is 0 Å². The molecule has 5 N–H and O–H groups in total. The van der Waals surface area contributed by atoms with Gasteiger partial charge in [-0.15, -0.1) is 0 Å². The first-order chi connectivity index (χ1) is 12.2. The Hall–Kier alpha value is -2.05. The maximum atomic E-state index is 14.4. The first kappa shape index (κ1) is 20.3. The number of amides is 1. The highest BCUT2D eigenvalue weighted by Crippen LogP contribution is 2.33. The highest BCUT2D eigenvalue weighted by atomic mass is 127. The van der Waals surface area contributed by atoms with Crippen molar-refractivity contribution in [1.82, 2.24) is 0 Å². The molecule has 0 saturated heterocycles. The van der Waals surface area contributed by atoms with Gasteiger partial charge in [0.25, 0.3) is 5.91 Å². The number of nitrogens with one attached hydrogen (secondary N) is 1. The largest absolute Gasteiger partial charge is 0.488 e. The Morgan fingerprint density at radius 2 is 1.96 bits per heavy atom. The molecule has 1 amide bonds. The number of hydrogen-bond donors (Lipinski definition) is 4. The summed E-state index contributed by atoms with van der Waals surface area (Å²) in [5, 5.41) is 20.3. The zero-order valence-electron chi connectivity index (χ0n) is 13.1. The molecule has 0 aliphatic rings. The van der Waals surface area contributed by atoms with E-state index in [2.05, 4.69) is 5.32 Å². The van der Waals surface area contributed by atoms with Crippen molar-refractivity contribution >= 4 is 39.9 Å². The van der Waals surface area contributed by atoms with E-state index in [-0.39, 0.29) is 5.69 Å². The second kappa shape index (κ2) is 8.56. The van der Waals surface area contributed by atoms with Crippen LogP contribution in [0.5, 0.6) is 5.75 Å². The lowest BCUT2D eigenvalue weighted by Crippen LogP contribution is -2.22. The van der Waals surface area contributed by atoms with Gasteiger partial charge in [0.1, 0.15) is 18.5 Å². The quantitative estimate of drug-likeness (QED) is 0.454. The summed E-state index contributed by atoms with van der Waals surface area (Å²) in [5.41, 5.74) is 3.88. The summed E-state index contributed by atoms with van der Waals surface area (Å²) in [7, 11) is 0. The number of aliphatic hydroxyl groups excluding tert-OH is 2. The molecule has 140 valence electrons. The Morgan fingerprint density at radius 3 is 2.54 bits per heavy atom. The lowest BCUT2D eigenvalue weighted by atomic mass is 10.1. The van der Waals surface area contributed by atoms with Crippen LogP contribution in [0.15, 0.2) is 24.3 Å². The summed E-state index contributed by atoms with van der Waals surface area (Å²) in [6.45, 7) is -1.19. The van der Waals surface area contributed by atoms with Crippen LogP contribution in [-0.2, 0) is 0 Å². The number of nitrogens with two attached hydrogens (primary N) is 1. The van der Waals surface area contributed by atoms with Crippen molar-refractivity contribution in [2.75, 3.05) is 18.5 Å². The van der Waals surface area contributed by atoms with Crippen molar-refractivity contribution in [3.63, 3.8) is 0 Å². The van der Waals surface area contributed by atoms with E-state index in [1.807, 2.05) is 22.6 Å². The molecule has 2 rings (SSSR count). The number of ether oxygens (including phenoxy) is 1. The average Bonchev–Trinajstić information content (AvgIpc) is 2.59. The van der Waals surface area contributed by atoms with Gasteiger partial charge in [-0.1, -0.05) is 0 Å². The minimum absolute atomic E-state index is 0.185. The van der Waals surface area contributed by atoms with Crippen LogP contribution < -0.4 is 15.8 Å². The van der Waals surface area contributed by atoms with Crippen molar-refractivity contribution in [1.29, 1.82) is 0 Å². The lowest BCUT2D eigenvalue weighted by Gasteiger charge is -2.16. The van der Waals surface area contributed by atoms with Crippen LogP contribution >= 0.6 is 22.6 Å². The number of rotatable bonds is 7. The Morgan fingerprint density at radius 1 is 1.27 bits per heavy atom. The van der Waals surface area contributed by atoms with Gasteiger partial charge >= 0.3 is 0 Å². The fraction of sp³-hybridized carbons (Fsp3) is 0.188. The van der Waals surface area contributed by atoms with Gasteiger partial charge in [0.15, 0.2) is 11.6 Å². The van der Waals surface area contributed by atoms with Gasteiger partial charge in [-0.25, -0.2) is 8.78 Å². The number of benzene rings is 2. The van der Waals surface area contributed by atoms with Crippen molar-refractivity contribution in [2.45, 2.75) is 6.10 Å². The first-order valence-corrected chi connectivity index (χ1v) is 8.28. The van der Waals surface area contributed by atoms with Gasteiger partial charge in [-0.05, 0) is 46.9 Å². The molecule has 1 atom stereocenters. The molecule has 2 aromatic carbocycles. The Balaban J connectivity index is 2.45. The third kappa shape index (κ3) is 4.56. The molecule has 0 aromatic heterocycles. The topological polar surface area (TPSA) is 105 Å². The predicted octanol–water partition coefficient (Wildman–Crippen LogP) is 2.28. The highest BCUT2D eigenvalue weighted by Gasteiger charge is 2.23. The number of aliphatic hydroxyl groups is 2. The van der Waals surface area contributed by atoms with Gasteiger partial charge < -0.3 is 26.0 Å². The second-order valence-corrected chi connectivity index (χ2v) is 6.43. The minimum Gasteiger partial charge on any atom is -0.488 e. The number of hydrogen-bond acceptors (Lipinski definition) is 5. The molecule has 6 nitrogen and oxygen atoms in total. The molecule has 0 saturated carbocycles.